The van der Waals surface area contributed by atoms with Crippen LogP contribution in [0, 0.1) is 17.3 Å². The lowest BCUT2D eigenvalue weighted by atomic mass is 9.85. The van der Waals surface area contributed by atoms with Gasteiger partial charge in [0.1, 0.15) is 57.8 Å². The molecule has 3 aromatic rings. The molecule has 1 saturated heterocycles. The topological polar surface area (TPSA) is 187 Å². The Bertz CT molecular complexity index is 2100. The van der Waals surface area contributed by atoms with Gasteiger partial charge in [-0.05, 0) is 65.6 Å². The summed E-state index contributed by atoms with van der Waals surface area (Å²) in [6, 6.07) is 3.15. The summed E-state index contributed by atoms with van der Waals surface area (Å²) in [7, 11) is 2.80. The smallest absolute Gasteiger partial charge is 0.408 e. The van der Waals surface area contributed by atoms with Gasteiger partial charge in [-0.15, -0.1) is 17.9 Å². The van der Waals surface area contributed by atoms with Crippen molar-refractivity contribution in [2.45, 2.75) is 103 Å². The largest absolute Gasteiger partial charge is 0.495 e. The minimum atomic E-state index is -1.31. The van der Waals surface area contributed by atoms with E-state index >= 15 is 0 Å². The van der Waals surface area contributed by atoms with Gasteiger partial charge in [0.15, 0.2) is 0 Å². The van der Waals surface area contributed by atoms with Gasteiger partial charge in [0, 0.05) is 35.1 Å². The fourth-order valence-corrected chi connectivity index (χ4v) is 8.77. The lowest BCUT2D eigenvalue weighted by Crippen LogP contribution is -2.59. The summed E-state index contributed by atoms with van der Waals surface area (Å²) in [4.78, 5) is 78.5. The van der Waals surface area contributed by atoms with Crippen LogP contribution in [0.25, 0.3) is 21.6 Å². The molecule has 0 radical (unpaired) electrons. The third kappa shape index (κ3) is 8.94. The van der Waals surface area contributed by atoms with Crippen LogP contribution in [0.1, 0.15) is 73.1 Å². The van der Waals surface area contributed by atoms with Gasteiger partial charge >= 0.3 is 12.1 Å². The van der Waals surface area contributed by atoms with Gasteiger partial charge in [0.2, 0.25) is 17.7 Å². The first-order valence-electron chi connectivity index (χ1n) is 19.4. The Morgan fingerprint density at radius 3 is 2.41 bits per heavy atom. The standard InChI is InChI=1S/C41H51BrN6O9S/c1-9-22-18-41(22,38(52)55-8)47-35(50)27-16-24(19-48(27)37(51)33(40(4,5)6)46-39(53)57-23-12-10-11-13-23)56-29-17-26(36-45-30(20-58-36)44-34(49)21(2)3)43-32-25(29)14-15-28(54-7)31(32)42/h9,14-15,17,20-24,27,33H,1,10-13,16,18-19H2,2-8H3,(H,44,49)(H,46,53)(H,47,50)/t22-,24-,27+,33-,41-/m1/s1. The van der Waals surface area contributed by atoms with Crippen LogP contribution in [0.3, 0.4) is 0 Å². The number of esters is 1. The van der Waals surface area contributed by atoms with E-state index in [-0.39, 0.29) is 36.8 Å². The lowest BCUT2D eigenvalue weighted by molar-refractivity contribution is -0.148. The highest BCUT2D eigenvalue weighted by atomic mass is 79.9. The van der Waals surface area contributed by atoms with Gasteiger partial charge in [-0.3, -0.25) is 14.4 Å². The number of thiazole rings is 1. The van der Waals surface area contributed by atoms with Crippen molar-refractivity contribution >= 4 is 73.8 Å². The molecule has 15 nitrogen and oxygen atoms in total. The van der Waals surface area contributed by atoms with Crippen molar-refractivity contribution in [3.63, 3.8) is 0 Å². The van der Waals surface area contributed by atoms with Gasteiger partial charge in [-0.2, -0.15) is 0 Å². The first-order valence-corrected chi connectivity index (χ1v) is 21.1. The predicted molar refractivity (Wildman–Crippen MR) is 221 cm³/mol. The fraction of sp³-hybridized carbons (Fsp3) is 0.537. The summed E-state index contributed by atoms with van der Waals surface area (Å²) in [5.41, 5.74) is -1.13. The van der Waals surface area contributed by atoms with Crippen LogP contribution in [0.15, 0.2) is 40.7 Å². The molecule has 58 heavy (non-hydrogen) atoms. The van der Waals surface area contributed by atoms with E-state index in [1.54, 1.807) is 50.6 Å². The molecule has 0 bridgehead atoms. The predicted octanol–water partition coefficient (Wildman–Crippen LogP) is 6.39. The average Bonchev–Trinajstić information content (AvgIpc) is 3.61. The van der Waals surface area contributed by atoms with Crippen molar-refractivity contribution in [2.24, 2.45) is 17.3 Å². The van der Waals surface area contributed by atoms with Crippen LogP contribution in [0.2, 0.25) is 0 Å². The number of benzene rings is 1. The number of hydrogen-bond donors (Lipinski definition) is 3. The molecule has 0 unspecified atom stereocenters. The summed E-state index contributed by atoms with van der Waals surface area (Å²) in [6.07, 6.45) is 3.75. The number of amides is 4. The Hall–Kier alpha value is -4.77. The first kappa shape index (κ1) is 42.8. The summed E-state index contributed by atoms with van der Waals surface area (Å²) < 4.78 is 23.6. The van der Waals surface area contributed by atoms with E-state index in [1.165, 1.54) is 23.3 Å². The zero-order valence-electron chi connectivity index (χ0n) is 33.8. The number of anilines is 1. The van der Waals surface area contributed by atoms with Crippen molar-refractivity contribution < 1.29 is 42.9 Å². The van der Waals surface area contributed by atoms with Crippen molar-refractivity contribution in [3.8, 4) is 22.2 Å². The lowest BCUT2D eigenvalue weighted by Gasteiger charge is -2.35. The number of ether oxygens (including phenoxy) is 4. The molecule has 6 rings (SSSR count). The number of nitrogens with zero attached hydrogens (tertiary/aromatic N) is 3. The second-order valence-corrected chi connectivity index (χ2v) is 18.1. The number of carbonyl (C=O) groups is 5. The number of pyridine rings is 1. The average molecular weight is 884 g/mol. The number of aromatic nitrogens is 2. The second-order valence-electron chi connectivity index (χ2n) is 16.4. The highest BCUT2D eigenvalue weighted by molar-refractivity contribution is 9.10. The quantitative estimate of drug-likeness (QED) is 0.128. The van der Waals surface area contributed by atoms with Crippen molar-refractivity contribution in [3.05, 3.63) is 40.7 Å². The van der Waals surface area contributed by atoms with E-state index in [2.05, 4.69) is 43.4 Å². The highest BCUT2D eigenvalue weighted by Crippen LogP contribution is 2.46. The normalized spacial score (nSPS) is 22.3. The number of alkyl carbamates (subject to hydrolysis) is 1. The third-order valence-electron chi connectivity index (χ3n) is 10.9. The molecule has 4 amide bonds. The van der Waals surface area contributed by atoms with Gasteiger partial charge in [0.05, 0.1) is 30.8 Å². The number of likely N-dealkylation sites (tertiary alicyclic amines) is 1. The van der Waals surface area contributed by atoms with E-state index in [9.17, 15) is 24.0 Å². The van der Waals surface area contributed by atoms with E-state index in [1.807, 2.05) is 20.8 Å². The summed E-state index contributed by atoms with van der Waals surface area (Å²) >= 11 is 4.93. The number of carbonyl (C=O) groups excluding carboxylic acids is 5. The van der Waals surface area contributed by atoms with Crippen molar-refractivity contribution in [1.82, 2.24) is 25.5 Å². The Balaban J connectivity index is 1.35. The van der Waals surface area contributed by atoms with E-state index in [4.69, 9.17) is 23.9 Å². The molecule has 0 spiro atoms. The van der Waals surface area contributed by atoms with Gasteiger partial charge in [-0.1, -0.05) is 40.7 Å². The van der Waals surface area contributed by atoms with Crippen LogP contribution >= 0.6 is 27.3 Å². The molecule has 3 aliphatic rings. The van der Waals surface area contributed by atoms with E-state index in [0.717, 1.165) is 25.7 Å². The molecule has 2 saturated carbocycles. The number of methoxy groups -OCH3 is 2. The second kappa shape index (κ2) is 17.2. The maximum Gasteiger partial charge on any atom is 0.408 e. The monoisotopic (exact) mass is 882 g/mol. The molecular formula is C41H51BrN6O9S. The molecule has 312 valence electrons. The molecule has 2 aromatic heterocycles. The van der Waals surface area contributed by atoms with Gasteiger partial charge in [0.25, 0.3) is 0 Å². The summed E-state index contributed by atoms with van der Waals surface area (Å²) in [5.74, 6) is -1.12. The molecule has 1 aliphatic heterocycles. The number of fused-ring (bicyclic) bond motifs is 1. The van der Waals surface area contributed by atoms with Crippen LogP contribution in [-0.4, -0.2) is 95.2 Å². The summed E-state index contributed by atoms with van der Waals surface area (Å²) in [6.45, 7) is 12.8. The number of halogens is 1. The Kier molecular flexibility index (Phi) is 12.7. The molecule has 17 heteroatoms. The molecule has 3 fully saturated rings. The van der Waals surface area contributed by atoms with Gasteiger partial charge in [-0.25, -0.2) is 19.6 Å². The van der Waals surface area contributed by atoms with Crippen molar-refractivity contribution in [2.75, 3.05) is 26.1 Å². The van der Waals surface area contributed by atoms with Crippen LogP contribution in [-0.2, 0) is 28.7 Å². The zero-order valence-corrected chi connectivity index (χ0v) is 36.2. The molecule has 5 atom stereocenters. The third-order valence-corrected chi connectivity index (χ3v) is 12.5. The number of rotatable bonds is 13. The SMILES string of the molecule is C=C[C@@H]1C[C@]1(NC(=O)[C@@H]1C[C@@H](Oc2cc(-c3nc(NC(=O)C(C)C)cs3)nc3c(Br)c(OC)ccc23)CN1C(=O)[C@@H](NC(=O)OC1CCCC1)C(C)(C)C)C(=O)OC. The van der Waals surface area contributed by atoms with Crippen LogP contribution in [0.5, 0.6) is 11.5 Å². The zero-order chi connectivity index (χ0) is 42.1. The first-order chi connectivity index (χ1) is 27.5. The molecule has 3 N–H and O–H groups in total. The van der Waals surface area contributed by atoms with E-state index in [0.29, 0.717) is 49.8 Å². The van der Waals surface area contributed by atoms with Crippen LogP contribution in [0.4, 0.5) is 10.6 Å². The Labute approximate surface area is 350 Å². The highest BCUT2D eigenvalue weighted by Gasteiger charge is 2.62. The number of hydrogen-bond acceptors (Lipinski definition) is 12. The molecule has 3 heterocycles. The van der Waals surface area contributed by atoms with Crippen molar-refractivity contribution in [1.29, 1.82) is 0 Å². The Morgan fingerprint density at radius 1 is 1.07 bits per heavy atom. The minimum Gasteiger partial charge on any atom is -0.495 e. The summed E-state index contributed by atoms with van der Waals surface area (Å²) in [5, 5.41) is 11.4. The number of nitrogens with one attached hydrogen (secondary N) is 3. The maximum atomic E-state index is 14.7. The van der Waals surface area contributed by atoms with Crippen LogP contribution < -0.4 is 25.4 Å². The fourth-order valence-electron chi connectivity index (χ4n) is 7.46. The van der Waals surface area contributed by atoms with E-state index < -0.39 is 53.0 Å². The molecular weight excluding hydrogens is 832 g/mol. The Morgan fingerprint density at radius 2 is 1.79 bits per heavy atom. The molecule has 1 aromatic carbocycles. The molecule has 2 aliphatic carbocycles. The maximum absolute atomic E-state index is 14.7. The van der Waals surface area contributed by atoms with Gasteiger partial charge < -0.3 is 39.8 Å². The minimum absolute atomic E-state index is 0.0297.